The lowest BCUT2D eigenvalue weighted by atomic mass is 9.64. The number of hydrogen-bond acceptors (Lipinski definition) is 5. The van der Waals surface area contributed by atoms with Crippen molar-refractivity contribution in [3.8, 4) is 0 Å². The van der Waals surface area contributed by atoms with E-state index in [-0.39, 0.29) is 24.1 Å². The summed E-state index contributed by atoms with van der Waals surface area (Å²) in [7, 11) is 1.74. The van der Waals surface area contributed by atoms with Gasteiger partial charge < -0.3 is 9.64 Å². The Kier molecular flexibility index (Phi) is 6.44. The molecule has 1 aromatic carbocycles. The minimum absolute atomic E-state index is 0.209. The van der Waals surface area contributed by atoms with Gasteiger partial charge in [0.1, 0.15) is 11.6 Å². The van der Waals surface area contributed by atoms with Gasteiger partial charge in [-0.05, 0) is 94.7 Å². The molecule has 3 heterocycles. The molecule has 3 fully saturated rings. The smallest absolute Gasteiger partial charge is 0.410 e. The Balaban J connectivity index is 1.27. The number of ether oxygens (including phenoxy) is 1. The van der Waals surface area contributed by atoms with Crippen LogP contribution in [0.3, 0.4) is 0 Å². The Morgan fingerprint density at radius 1 is 1.00 bits per heavy atom. The number of fused-ring (bicyclic) bond motifs is 1. The van der Waals surface area contributed by atoms with Crippen molar-refractivity contribution in [2.45, 2.75) is 89.7 Å². The molecule has 1 spiro atoms. The Morgan fingerprint density at radius 3 is 2.30 bits per heavy atom. The number of piperidine rings is 2. The summed E-state index contributed by atoms with van der Waals surface area (Å²) in [5.41, 5.74) is 2.36. The van der Waals surface area contributed by atoms with E-state index in [2.05, 4.69) is 17.4 Å². The van der Waals surface area contributed by atoms with Gasteiger partial charge in [0, 0.05) is 26.6 Å². The first-order chi connectivity index (χ1) is 17.5. The van der Waals surface area contributed by atoms with Crippen molar-refractivity contribution in [3.05, 3.63) is 34.2 Å². The van der Waals surface area contributed by atoms with Crippen LogP contribution in [-0.2, 0) is 21.4 Å². The molecule has 2 saturated heterocycles. The van der Waals surface area contributed by atoms with Gasteiger partial charge in [0.2, 0.25) is 11.8 Å². The lowest BCUT2D eigenvalue weighted by Crippen LogP contribution is -2.46. The highest BCUT2D eigenvalue weighted by Gasteiger charge is 2.40. The molecule has 9 nitrogen and oxygen atoms in total. The normalized spacial score (nSPS) is 22.9. The zero-order valence-electron chi connectivity index (χ0n) is 22.3. The summed E-state index contributed by atoms with van der Waals surface area (Å²) >= 11 is 0. The predicted molar refractivity (Wildman–Crippen MR) is 139 cm³/mol. The van der Waals surface area contributed by atoms with Crippen LogP contribution in [0.2, 0.25) is 0 Å². The number of carbonyl (C=O) groups excluding carboxylic acids is 3. The van der Waals surface area contributed by atoms with E-state index in [1.165, 1.54) is 10.1 Å². The van der Waals surface area contributed by atoms with Gasteiger partial charge in [-0.2, -0.15) is 0 Å². The Labute approximate surface area is 217 Å². The van der Waals surface area contributed by atoms with Crippen molar-refractivity contribution >= 4 is 28.9 Å². The summed E-state index contributed by atoms with van der Waals surface area (Å²) in [5, 5.41) is 2.36. The van der Waals surface area contributed by atoms with E-state index in [0.717, 1.165) is 62.6 Å². The summed E-state index contributed by atoms with van der Waals surface area (Å²) in [4.78, 5) is 51.4. The van der Waals surface area contributed by atoms with Crippen LogP contribution in [0.4, 0.5) is 4.79 Å². The number of imidazole rings is 1. The van der Waals surface area contributed by atoms with Crippen molar-refractivity contribution in [1.29, 1.82) is 0 Å². The third-order valence-corrected chi connectivity index (χ3v) is 8.63. The molecule has 3 amide bonds. The first kappa shape index (κ1) is 25.5. The molecule has 1 N–H and O–H groups in total. The lowest BCUT2D eigenvalue weighted by molar-refractivity contribution is -0.135. The van der Waals surface area contributed by atoms with E-state index < -0.39 is 17.6 Å². The fraction of sp³-hybridized carbons (Fsp3) is 0.643. The number of nitrogens with one attached hydrogen (secondary N) is 1. The van der Waals surface area contributed by atoms with Crippen LogP contribution in [0.15, 0.2) is 23.0 Å². The first-order valence-corrected chi connectivity index (χ1v) is 13.5. The van der Waals surface area contributed by atoms with E-state index in [1.807, 2.05) is 31.7 Å². The molecule has 0 bridgehead atoms. The monoisotopic (exact) mass is 510 g/mol. The fourth-order valence-electron chi connectivity index (χ4n) is 6.42. The molecular weight excluding hydrogens is 472 g/mol. The second-order valence-corrected chi connectivity index (χ2v) is 12.2. The molecule has 1 aliphatic carbocycles. The van der Waals surface area contributed by atoms with Crippen molar-refractivity contribution in [2.75, 3.05) is 13.1 Å². The molecule has 2 aromatic rings. The topological polar surface area (TPSA) is 103 Å². The molecule has 1 atom stereocenters. The van der Waals surface area contributed by atoms with Gasteiger partial charge in [0.15, 0.2) is 0 Å². The summed E-state index contributed by atoms with van der Waals surface area (Å²) in [6, 6.07) is 5.49. The summed E-state index contributed by atoms with van der Waals surface area (Å²) in [6.45, 7) is 7.20. The highest BCUT2D eigenvalue weighted by atomic mass is 16.6. The van der Waals surface area contributed by atoms with Gasteiger partial charge >= 0.3 is 11.8 Å². The van der Waals surface area contributed by atoms with E-state index in [9.17, 15) is 19.2 Å². The van der Waals surface area contributed by atoms with E-state index in [0.29, 0.717) is 17.8 Å². The van der Waals surface area contributed by atoms with Crippen LogP contribution in [0.1, 0.15) is 89.7 Å². The number of nitrogens with zero attached hydrogens (tertiary/aromatic N) is 3. The zero-order valence-corrected chi connectivity index (χ0v) is 22.3. The van der Waals surface area contributed by atoms with Crippen LogP contribution < -0.4 is 11.0 Å². The van der Waals surface area contributed by atoms with Gasteiger partial charge in [-0.1, -0.05) is 6.07 Å². The molecule has 0 radical (unpaired) electrons. The second-order valence-electron chi connectivity index (χ2n) is 12.2. The number of benzene rings is 1. The SMILES string of the molecule is Cn1c(=O)n(C2CCC(=O)NC2=O)c2ccc(C3CCC4(CC3)CCN(C(=O)OC(C)(C)C)CC4)cc21. The third kappa shape index (κ3) is 4.92. The second kappa shape index (κ2) is 9.33. The van der Waals surface area contributed by atoms with Crippen molar-refractivity contribution in [1.82, 2.24) is 19.4 Å². The Morgan fingerprint density at radius 2 is 1.68 bits per heavy atom. The number of imide groups is 1. The van der Waals surface area contributed by atoms with E-state index in [4.69, 9.17) is 4.74 Å². The molecule has 3 aliphatic rings. The molecule has 37 heavy (non-hydrogen) atoms. The largest absolute Gasteiger partial charge is 0.444 e. The van der Waals surface area contributed by atoms with Gasteiger partial charge in [-0.25, -0.2) is 9.59 Å². The number of amides is 3. The quantitative estimate of drug-likeness (QED) is 0.616. The van der Waals surface area contributed by atoms with Crippen LogP contribution in [0.25, 0.3) is 11.0 Å². The number of rotatable bonds is 2. The average Bonchev–Trinajstić information content (AvgIpc) is 3.08. The minimum Gasteiger partial charge on any atom is -0.444 e. The average molecular weight is 511 g/mol. The highest BCUT2D eigenvalue weighted by Crippen LogP contribution is 2.49. The van der Waals surface area contributed by atoms with Crippen LogP contribution in [-0.4, -0.2) is 50.6 Å². The molecule has 2 aliphatic heterocycles. The van der Waals surface area contributed by atoms with Gasteiger partial charge in [-0.15, -0.1) is 0 Å². The third-order valence-electron chi connectivity index (χ3n) is 8.63. The minimum atomic E-state index is -0.666. The summed E-state index contributed by atoms with van der Waals surface area (Å²) < 4.78 is 8.70. The van der Waals surface area contributed by atoms with Crippen LogP contribution >= 0.6 is 0 Å². The van der Waals surface area contributed by atoms with E-state index in [1.54, 1.807) is 11.6 Å². The summed E-state index contributed by atoms with van der Waals surface area (Å²) in [6.07, 6.45) is 6.82. The maximum Gasteiger partial charge on any atom is 0.410 e. The summed E-state index contributed by atoms with van der Waals surface area (Å²) in [5.74, 6) is -0.277. The molecule has 200 valence electrons. The molecular formula is C28H38N4O5. The van der Waals surface area contributed by atoms with Crippen molar-refractivity contribution in [2.24, 2.45) is 12.5 Å². The fourth-order valence-corrected chi connectivity index (χ4v) is 6.42. The number of hydrogen-bond donors (Lipinski definition) is 1. The maximum atomic E-state index is 13.1. The van der Waals surface area contributed by atoms with Gasteiger partial charge in [0.05, 0.1) is 11.0 Å². The maximum absolute atomic E-state index is 13.1. The number of likely N-dealkylation sites (tertiary alicyclic amines) is 1. The lowest BCUT2D eigenvalue weighted by Gasteiger charge is -2.46. The standard InChI is InChI=1S/C28H38N4O5/c1-27(2,3)37-26(36)31-15-13-28(14-16-31)11-9-18(10-12-28)19-5-6-20-22(17-19)30(4)25(35)32(20)21-7-8-23(33)29-24(21)34/h5-6,17-18,21H,7-16H2,1-4H3,(H,29,33,34). The highest BCUT2D eigenvalue weighted by molar-refractivity contribution is 6.00. The Bertz CT molecular complexity index is 1280. The van der Waals surface area contributed by atoms with Crippen LogP contribution in [0, 0.1) is 5.41 Å². The van der Waals surface area contributed by atoms with Crippen molar-refractivity contribution < 1.29 is 19.1 Å². The number of aromatic nitrogens is 2. The molecule has 1 aromatic heterocycles. The zero-order chi connectivity index (χ0) is 26.5. The van der Waals surface area contributed by atoms with Gasteiger partial charge in [0.25, 0.3) is 0 Å². The molecule has 5 rings (SSSR count). The Hall–Kier alpha value is -3.10. The predicted octanol–water partition coefficient (Wildman–Crippen LogP) is 3.99. The number of carbonyl (C=O) groups is 3. The van der Waals surface area contributed by atoms with Crippen LogP contribution in [0.5, 0.6) is 0 Å². The van der Waals surface area contributed by atoms with E-state index >= 15 is 0 Å². The molecule has 1 unspecified atom stereocenters. The molecule has 1 saturated carbocycles. The van der Waals surface area contributed by atoms with Gasteiger partial charge in [-0.3, -0.25) is 24.0 Å². The number of aryl methyl sites for hydroxylation is 1. The first-order valence-electron chi connectivity index (χ1n) is 13.5. The molecule has 9 heteroatoms. The van der Waals surface area contributed by atoms with Crippen molar-refractivity contribution in [3.63, 3.8) is 0 Å².